The maximum Gasteiger partial charge on any atom is 0.433 e. The fourth-order valence-corrected chi connectivity index (χ4v) is 1.81. The normalized spacial score (nSPS) is 13.0. The van der Waals surface area contributed by atoms with E-state index in [0.717, 1.165) is 6.07 Å². The molecular formula is C13H12F4N4. The average molecular weight is 300 g/mol. The number of benzene rings is 1. The third-order valence-corrected chi connectivity index (χ3v) is 2.77. The number of aromatic nitrogens is 2. The Morgan fingerprint density at radius 2 is 1.86 bits per heavy atom. The minimum absolute atomic E-state index is 0.120. The Morgan fingerprint density at radius 1 is 1.19 bits per heavy atom. The Bertz CT molecular complexity index is 642. The van der Waals surface area contributed by atoms with Crippen LogP contribution in [0.1, 0.15) is 24.2 Å². The maximum atomic E-state index is 13.6. The molecular weight excluding hydrogens is 288 g/mol. The summed E-state index contributed by atoms with van der Waals surface area (Å²) < 4.78 is 51.5. The molecule has 1 heterocycles. The number of halogens is 4. The molecule has 0 aliphatic rings. The van der Waals surface area contributed by atoms with Crippen molar-refractivity contribution >= 4 is 11.8 Å². The van der Waals surface area contributed by atoms with Crippen molar-refractivity contribution in [1.82, 2.24) is 9.97 Å². The zero-order valence-corrected chi connectivity index (χ0v) is 10.9. The van der Waals surface area contributed by atoms with Crippen LogP contribution in [0.3, 0.4) is 0 Å². The van der Waals surface area contributed by atoms with Gasteiger partial charge in [-0.25, -0.2) is 9.37 Å². The minimum Gasteiger partial charge on any atom is -0.368 e. The topological polar surface area (TPSA) is 63.8 Å². The summed E-state index contributed by atoms with van der Waals surface area (Å²) in [5.74, 6) is -1.09. The van der Waals surface area contributed by atoms with Crippen LogP contribution >= 0.6 is 0 Å². The number of alkyl halides is 3. The van der Waals surface area contributed by atoms with Gasteiger partial charge in [-0.2, -0.15) is 18.2 Å². The fraction of sp³-hybridized carbons (Fsp3) is 0.231. The maximum absolute atomic E-state index is 13.6. The zero-order chi connectivity index (χ0) is 15.6. The number of rotatable bonds is 3. The molecule has 0 fully saturated rings. The van der Waals surface area contributed by atoms with Crippen LogP contribution in [0.15, 0.2) is 30.3 Å². The third kappa shape index (κ3) is 3.59. The average Bonchev–Trinajstić information content (AvgIpc) is 2.37. The van der Waals surface area contributed by atoms with Crippen LogP contribution in [0, 0.1) is 5.82 Å². The van der Waals surface area contributed by atoms with Gasteiger partial charge >= 0.3 is 6.18 Å². The van der Waals surface area contributed by atoms with Gasteiger partial charge in [0, 0.05) is 11.6 Å². The summed E-state index contributed by atoms with van der Waals surface area (Å²) in [5.41, 5.74) is 4.42. The molecule has 21 heavy (non-hydrogen) atoms. The van der Waals surface area contributed by atoms with Crippen molar-refractivity contribution in [3.8, 4) is 0 Å². The lowest BCUT2D eigenvalue weighted by Crippen LogP contribution is -2.15. The summed E-state index contributed by atoms with van der Waals surface area (Å²) in [4.78, 5) is 6.81. The van der Waals surface area contributed by atoms with E-state index in [2.05, 4.69) is 15.3 Å². The van der Waals surface area contributed by atoms with Crippen molar-refractivity contribution in [2.24, 2.45) is 0 Å². The summed E-state index contributed by atoms with van der Waals surface area (Å²) in [6, 6.07) is 6.10. The van der Waals surface area contributed by atoms with Gasteiger partial charge in [0.25, 0.3) is 0 Å². The van der Waals surface area contributed by atoms with Crippen molar-refractivity contribution < 1.29 is 17.6 Å². The standard InChI is InChI=1S/C13H12F4N4/c1-7(8-4-2-3-5-9(8)14)19-11-6-10(13(15,16)17)20-12(18)21-11/h2-7H,1H3,(H3,18,19,20,21). The Morgan fingerprint density at radius 3 is 2.48 bits per heavy atom. The Kier molecular flexibility index (Phi) is 3.97. The lowest BCUT2D eigenvalue weighted by Gasteiger charge is -2.16. The van der Waals surface area contributed by atoms with Crippen molar-refractivity contribution in [3.63, 3.8) is 0 Å². The molecule has 0 aliphatic heterocycles. The predicted molar refractivity (Wildman–Crippen MR) is 69.9 cm³/mol. The molecule has 4 nitrogen and oxygen atoms in total. The minimum atomic E-state index is -4.63. The zero-order valence-electron chi connectivity index (χ0n) is 10.9. The smallest absolute Gasteiger partial charge is 0.368 e. The third-order valence-electron chi connectivity index (χ3n) is 2.77. The van der Waals surface area contributed by atoms with Crippen LogP contribution in [0.4, 0.5) is 29.3 Å². The second-order valence-corrected chi connectivity index (χ2v) is 4.38. The largest absolute Gasteiger partial charge is 0.433 e. The molecule has 2 aromatic rings. The molecule has 1 aromatic carbocycles. The molecule has 0 aliphatic carbocycles. The second-order valence-electron chi connectivity index (χ2n) is 4.38. The Balaban J connectivity index is 2.28. The molecule has 8 heteroatoms. The lowest BCUT2D eigenvalue weighted by molar-refractivity contribution is -0.141. The Hall–Kier alpha value is -2.38. The van der Waals surface area contributed by atoms with E-state index in [1.807, 2.05) is 0 Å². The quantitative estimate of drug-likeness (QED) is 0.853. The highest BCUT2D eigenvalue weighted by Crippen LogP contribution is 2.30. The van der Waals surface area contributed by atoms with E-state index in [-0.39, 0.29) is 5.82 Å². The highest BCUT2D eigenvalue weighted by Gasteiger charge is 2.33. The van der Waals surface area contributed by atoms with Gasteiger partial charge in [-0.3, -0.25) is 0 Å². The van der Waals surface area contributed by atoms with E-state index < -0.39 is 29.7 Å². The van der Waals surface area contributed by atoms with Crippen LogP contribution in [0.5, 0.6) is 0 Å². The molecule has 0 bridgehead atoms. The summed E-state index contributed by atoms with van der Waals surface area (Å²) in [5, 5.41) is 2.68. The van der Waals surface area contributed by atoms with E-state index in [0.29, 0.717) is 5.56 Å². The van der Waals surface area contributed by atoms with Crippen LogP contribution in [0.2, 0.25) is 0 Å². The Labute approximate surface area is 118 Å². The number of hydrogen-bond acceptors (Lipinski definition) is 4. The van der Waals surface area contributed by atoms with E-state index >= 15 is 0 Å². The van der Waals surface area contributed by atoms with Crippen LogP contribution in [-0.2, 0) is 6.18 Å². The van der Waals surface area contributed by atoms with Gasteiger partial charge in [0.1, 0.15) is 11.6 Å². The highest BCUT2D eigenvalue weighted by atomic mass is 19.4. The van der Waals surface area contributed by atoms with Gasteiger partial charge in [-0.1, -0.05) is 18.2 Å². The molecule has 112 valence electrons. The van der Waals surface area contributed by atoms with Crippen molar-refractivity contribution in [1.29, 1.82) is 0 Å². The molecule has 0 saturated heterocycles. The monoisotopic (exact) mass is 300 g/mol. The van der Waals surface area contributed by atoms with E-state index in [4.69, 9.17) is 5.73 Å². The van der Waals surface area contributed by atoms with Gasteiger partial charge in [-0.05, 0) is 13.0 Å². The first-order chi connectivity index (χ1) is 9.77. The number of nitrogens with zero attached hydrogens (tertiary/aromatic N) is 2. The molecule has 1 unspecified atom stereocenters. The first-order valence-electron chi connectivity index (χ1n) is 6.00. The van der Waals surface area contributed by atoms with E-state index in [1.54, 1.807) is 13.0 Å². The van der Waals surface area contributed by atoms with Gasteiger partial charge in [0.15, 0.2) is 5.69 Å². The second kappa shape index (κ2) is 5.55. The summed E-state index contributed by atoms with van der Waals surface area (Å²) in [6.07, 6.45) is -4.63. The van der Waals surface area contributed by atoms with Crippen LogP contribution in [-0.4, -0.2) is 9.97 Å². The predicted octanol–water partition coefficient (Wildman–Crippen LogP) is 3.39. The molecule has 1 aromatic heterocycles. The van der Waals surface area contributed by atoms with E-state index in [9.17, 15) is 17.6 Å². The van der Waals surface area contributed by atoms with E-state index in [1.165, 1.54) is 18.2 Å². The molecule has 0 radical (unpaired) electrons. The summed E-state index contributed by atoms with van der Waals surface area (Å²) in [7, 11) is 0. The fourth-order valence-electron chi connectivity index (χ4n) is 1.81. The van der Waals surface area contributed by atoms with Crippen molar-refractivity contribution in [3.05, 3.63) is 47.4 Å². The summed E-state index contributed by atoms with van der Waals surface area (Å²) in [6.45, 7) is 1.60. The van der Waals surface area contributed by atoms with Crippen LogP contribution < -0.4 is 11.1 Å². The number of nitrogens with one attached hydrogen (secondary N) is 1. The molecule has 0 amide bonds. The van der Waals surface area contributed by atoms with Crippen molar-refractivity contribution in [2.75, 3.05) is 11.1 Å². The SMILES string of the molecule is CC(Nc1cc(C(F)(F)F)nc(N)n1)c1ccccc1F. The highest BCUT2D eigenvalue weighted by molar-refractivity contribution is 5.43. The number of nitrogens with two attached hydrogens (primary N) is 1. The van der Waals surface area contributed by atoms with Gasteiger partial charge in [-0.15, -0.1) is 0 Å². The van der Waals surface area contributed by atoms with Gasteiger partial charge in [0.05, 0.1) is 6.04 Å². The molecule has 3 N–H and O–H groups in total. The number of hydrogen-bond donors (Lipinski definition) is 2. The molecule has 2 rings (SSSR count). The number of anilines is 2. The number of nitrogen functional groups attached to an aromatic ring is 1. The van der Waals surface area contributed by atoms with Crippen LogP contribution in [0.25, 0.3) is 0 Å². The van der Waals surface area contributed by atoms with Gasteiger partial charge in [0.2, 0.25) is 5.95 Å². The lowest BCUT2D eigenvalue weighted by atomic mass is 10.1. The first kappa shape index (κ1) is 15.0. The molecule has 1 atom stereocenters. The molecule has 0 saturated carbocycles. The van der Waals surface area contributed by atoms with Gasteiger partial charge < -0.3 is 11.1 Å². The van der Waals surface area contributed by atoms with Crippen molar-refractivity contribution in [2.45, 2.75) is 19.1 Å². The first-order valence-corrected chi connectivity index (χ1v) is 6.00. The molecule has 0 spiro atoms. The summed E-state index contributed by atoms with van der Waals surface area (Å²) >= 11 is 0.